The molecular formula is C14H20N4O. The van der Waals surface area contributed by atoms with E-state index in [1.54, 1.807) is 7.11 Å². The van der Waals surface area contributed by atoms with Crippen molar-refractivity contribution < 1.29 is 4.74 Å². The van der Waals surface area contributed by atoms with Gasteiger partial charge in [-0.1, -0.05) is 31.2 Å². The monoisotopic (exact) mass is 260 g/mol. The summed E-state index contributed by atoms with van der Waals surface area (Å²) in [5, 5.41) is 8.47. The minimum atomic E-state index is 0.380. The van der Waals surface area contributed by atoms with Gasteiger partial charge in [-0.2, -0.15) is 0 Å². The van der Waals surface area contributed by atoms with Crippen LogP contribution in [0.5, 0.6) is 0 Å². The summed E-state index contributed by atoms with van der Waals surface area (Å²) in [4.78, 5) is 0. The number of hydrogen-bond acceptors (Lipinski definition) is 4. The van der Waals surface area contributed by atoms with Crippen molar-refractivity contribution in [3.63, 3.8) is 0 Å². The Kier molecular flexibility index (Phi) is 4.65. The molecule has 0 aliphatic rings. The van der Waals surface area contributed by atoms with Crippen LogP contribution in [0.3, 0.4) is 0 Å². The Hall–Kier alpha value is -1.72. The third-order valence-electron chi connectivity index (χ3n) is 3.17. The van der Waals surface area contributed by atoms with E-state index in [0.717, 1.165) is 23.6 Å². The van der Waals surface area contributed by atoms with Gasteiger partial charge in [0.1, 0.15) is 5.82 Å². The van der Waals surface area contributed by atoms with Crippen LogP contribution in [-0.4, -0.2) is 28.5 Å². The molecule has 0 fully saturated rings. The largest absolute Gasteiger partial charge is 0.383 e. The van der Waals surface area contributed by atoms with E-state index in [0.29, 0.717) is 19.7 Å². The van der Waals surface area contributed by atoms with E-state index in [1.165, 1.54) is 5.56 Å². The lowest BCUT2D eigenvalue weighted by atomic mass is 10.0. The van der Waals surface area contributed by atoms with Crippen LogP contribution in [0, 0.1) is 0 Å². The Morgan fingerprint density at radius 3 is 2.74 bits per heavy atom. The molecule has 0 aliphatic carbocycles. The Morgan fingerprint density at radius 2 is 2.05 bits per heavy atom. The summed E-state index contributed by atoms with van der Waals surface area (Å²) in [6.45, 7) is 3.85. The molecule has 0 bridgehead atoms. The van der Waals surface area contributed by atoms with Crippen molar-refractivity contribution in [2.75, 3.05) is 13.7 Å². The topological polar surface area (TPSA) is 66.0 Å². The standard InChI is InChI=1S/C14H20N4O/c1-3-11-6-4-5-7-12(11)14-17-16-13(10-15)18(14)8-9-19-2/h4-7H,3,8-10,15H2,1-2H3. The number of ether oxygens (including phenoxy) is 1. The van der Waals surface area contributed by atoms with Gasteiger partial charge in [0.05, 0.1) is 13.2 Å². The summed E-state index contributed by atoms with van der Waals surface area (Å²) in [5.41, 5.74) is 8.10. The zero-order chi connectivity index (χ0) is 13.7. The zero-order valence-electron chi connectivity index (χ0n) is 11.5. The third-order valence-corrected chi connectivity index (χ3v) is 3.17. The first-order chi connectivity index (χ1) is 9.31. The van der Waals surface area contributed by atoms with E-state index in [-0.39, 0.29) is 0 Å². The minimum absolute atomic E-state index is 0.380. The van der Waals surface area contributed by atoms with Crippen molar-refractivity contribution in [3.8, 4) is 11.4 Å². The average molecular weight is 260 g/mol. The first kappa shape index (κ1) is 13.7. The van der Waals surface area contributed by atoms with Gasteiger partial charge in [0.25, 0.3) is 0 Å². The van der Waals surface area contributed by atoms with Crippen LogP contribution in [0.15, 0.2) is 24.3 Å². The summed E-state index contributed by atoms with van der Waals surface area (Å²) >= 11 is 0. The first-order valence-corrected chi connectivity index (χ1v) is 6.51. The molecule has 0 amide bonds. The maximum atomic E-state index is 5.72. The average Bonchev–Trinajstić information content (AvgIpc) is 2.87. The number of rotatable bonds is 6. The van der Waals surface area contributed by atoms with E-state index in [1.807, 2.05) is 16.7 Å². The summed E-state index contributed by atoms with van der Waals surface area (Å²) < 4.78 is 7.18. The lowest BCUT2D eigenvalue weighted by Gasteiger charge is -2.11. The molecule has 1 aromatic carbocycles. The quantitative estimate of drug-likeness (QED) is 0.857. The SMILES string of the molecule is CCc1ccccc1-c1nnc(CN)n1CCOC. The predicted molar refractivity (Wildman–Crippen MR) is 74.6 cm³/mol. The van der Waals surface area contributed by atoms with Crippen LogP contribution in [0.1, 0.15) is 18.3 Å². The molecule has 0 unspecified atom stereocenters. The van der Waals surface area contributed by atoms with Gasteiger partial charge in [-0.05, 0) is 12.0 Å². The fourth-order valence-electron chi connectivity index (χ4n) is 2.15. The van der Waals surface area contributed by atoms with Crippen LogP contribution in [0.2, 0.25) is 0 Å². The van der Waals surface area contributed by atoms with Crippen molar-refractivity contribution in [2.45, 2.75) is 26.4 Å². The van der Waals surface area contributed by atoms with Crippen LogP contribution in [0.4, 0.5) is 0 Å². The summed E-state index contributed by atoms with van der Waals surface area (Å²) in [5.74, 6) is 1.66. The lowest BCUT2D eigenvalue weighted by Crippen LogP contribution is -2.13. The van der Waals surface area contributed by atoms with E-state index in [4.69, 9.17) is 10.5 Å². The van der Waals surface area contributed by atoms with Gasteiger partial charge in [0.15, 0.2) is 5.82 Å². The van der Waals surface area contributed by atoms with Gasteiger partial charge < -0.3 is 15.0 Å². The van der Waals surface area contributed by atoms with Gasteiger partial charge in [0, 0.05) is 19.2 Å². The molecule has 1 heterocycles. The highest BCUT2D eigenvalue weighted by Gasteiger charge is 2.14. The highest BCUT2D eigenvalue weighted by atomic mass is 16.5. The molecule has 0 aliphatic heterocycles. The molecule has 2 aromatic rings. The van der Waals surface area contributed by atoms with Crippen LogP contribution in [0.25, 0.3) is 11.4 Å². The fraction of sp³-hybridized carbons (Fsp3) is 0.429. The second-order valence-electron chi connectivity index (χ2n) is 4.30. The lowest BCUT2D eigenvalue weighted by molar-refractivity contribution is 0.186. The smallest absolute Gasteiger partial charge is 0.164 e. The van der Waals surface area contributed by atoms with Gasteiger partial charge in [-0.3, -0.25) is 0 Å². The maximum absolute atomic E-state index is 5.72. The molecule has 0 saturated carbocycles. The number of nitrogens with zero attached hydrogens (tertiary/aromatic N) is 3. The predicted octanol–water partition coefficient (Wildman–Crippen LogP) is 1.61. The maximum Gasteiger partial charge on any atom is 0.164 e. The fourth-order valence-corrected chi connectivity index (χ4v) is 2.15. The zero-order valence-corrected chi connectivity index (χ0v) is 11.5. The van der Waals surface area contributed by atoms with Crippen molar-refractivity contribution in [1.29, 1.82) is 0 Å². The summed E-state index contributed by atoms with van der Waals surface area (Å²) in [6, 6.07) is 8.26. The number of aromatic nitrogens is 3. The van der Waals surface area contributed by atoms with Crippen LogP contribution < -0.4 is 5.73 Å². The molecule has 2 N–H and O–H groups in total. The highest BCUT2D eigenvalue weighted by molar-refractivity contribution is 5.60. The third kappa shape index (κ3) is 2.83. The Morgan fingerprint density at radius 1 is 1.26 bits per heavy atom. The van der Waals surface area contributed by atoms with E-state index in [9.17, 15) is 0 Å². The Labute approximate surface area is 113 Å². The van der Waals surface area contributed by atoms with Gasteiger partial charge in [0.2, 0.25) is 0 Å². The molecule has 2 rings (SSSR count). The van der Waals surface area contributed by atoms with Gasteiger partial charge in [-0.15, -0.1) is 10.2 Å². The second-order valence-corrected chi connectivity index (χ2v) is 4.30. The molecule has 0 saturated heterocycles. The van der Waals surface area contributed by atoms with Crippen molar-refractivity contribution in [3.05, 3.63) is 35.7 Å². The molecule has 102 valence electrons. The number of aryl methyl sites for hydroxylation is 1. The number of benzene rings is 1. The molecular weight excluding hydrogens is 240 g/mol. The second kappa shape index (κ2) is 6.45. The van der Waals surface area contributed by atoms with E-state index >= 15 is 0 Å². The number of nitrogens with two attached hydrogens (primary N) is 1. The van der Waals surface area contributed by atoms with Crippen molar-refractivity contribution in [2.24, 2.45) is 5.73 Å². The number of methoxy groups -OCH3 is 1. The normalized spacial score (nSPS) is 10.9. The first-order valence-electron chi connectivity index (χ1n) is 6.51. The highest BCUT2D eigenvalue weighted by Crippen LogP contribution is 2.23. The van der Waals surface area contributed by atoms with Gasteiger partial charge >= 0.3 is 0 Å². The molecule has 5 heteroatoms. The molecule has 0 spiro atoms. The Balaban J connectivity index is 2.46. The minimum Gasteiger partial charge on any atom is -0.383 e. The molecule has 0 radical (unpaired) electrons. The van der Waals surface area contributed by atoms with Crippen molar-refractivity contribution >= 4 is 0 Å². The van der Waals surface area contributed by atoms with E-state index < -0.39 is 0 Å². The van der Waals surface area contributed by atoms with Crippen LogP contribution >= 0.6 is 0 Å². The molecule has 19 heavy (non-hydrogen) atoms. The molecule has 1 aromatic heterocycles. The Bertz CT molecular complexity index is 536. The van der Waals surface area contributed by atoms with Crippen LogP contribution in [-0.2, 0) is 24.2 Å². The molecule has 0 atom stereocenters. The molecule has 5 nitrogen and oxygen atoms in total. The summed E-state index contributed by atoms with van der Waals surface area (Å²) in [7, 11) is 1.69. The van der Waals surface area contributed by atoms with Gasteiger partial charge in [-0.25, -0.2) is 0 Å². The summed E-state index contributed by atoms with van der Waals surface area (Å²) in [6.07, 6.45) is 0.964. The van der Waals surface area contributed by atoms with E-state index in [2.05, 4.69) is 29.3 Å². The van der Waals surface area contributed by atoms with Crippen molar-refractivity contribution in [1.82, 2.24) is 14.8 Å². The number of hydrogen-bond donors (Lipinski definition) is 1.